The number of fused-ring (bicyclic) bond motifs is 6. The number of pyridine rings is 1. The first-order valence-corrected chi connectivity index (χ1v) is 21.9. The molecule has 1 saturated heterocycles. The molecular weight excluding hydrogens is 787 g/mol. The molecule has 12 nitrogen and oxygen atoms in total. The molecule has 61 heavy (non-hydrogen) atoms. The number of anilines is 1. The molecule has 5 aromatic heterocycles. The number of hydrogen-bond donors (Lipinski definition) is 0. The number of Topliss-reactive ketones (excluding diaryl/α,β-unsaturated/α-hetero) is 3. The number of ether oxygens (including phenoxy) is 1. The van der Waals surface area contributed by atoms with Crippen LogP contribution in [0.2, 0.25) is 0 Å². The van der Waals surface area contributed by atoms with Crippen LogP contribution in [0.4, 0.5) is 5.69 Å². The Labute approximate surface area is 356 Å². The Hall–Kier alpha value is -6.18. The lowest BCUT2D eigenvalue weighted by atomic mass is 9.92. The van der Waals surface area contributed by atoms with Crippen LogP contribution in [0.25, 0.3) is 48.4 Å². The van der Waals surface area contributed by atoms with Gasteiger partial charge in [-0.05, 0) is 54.4 Å². The van der Waals surface area contributed by atoms with Crippen LogP contribution < -0.4 is 9.64 Å². The van der Waals surface area contributed by atoms with Crippen LogP contribution in [0, 0.1) is 0 Å². The van der Waals surface area contributed by atoms with Crippen molar-refractivity contribution in [3.63, 3.8) is 0 Å². The first-order chi connectivity index (χ1) is 29.6. The lowest BCUT2D eigenvalue weighted by Gasteiger charge is -2.36. The van der Waals surface area contributed by atoms with Crippen LogP contribution in [0.5, 0.6) is 5.75 Å². The maximum Gasteiger partial charge on any atom is 0.195 e. The molecule has 0 amide bonds. The summed E-state index contributed by atoms with van der Waals surface area (Å²) in [5.41, 5.74) is 7.41. The molecule has 1 aliphatic heterocycles. The van der Waals surface area contributed by atoms with Gasteiger partial charge in [-0.25, -0.2) is 9.97 Å². The van der Waals surface area contributed by atoms with Gasteiger partial charge < -0.3 is 18.7 Å². The molecule has 8 aromatic rings. The molecule has 1 saturated carbocycles. The summed E-state index contributed by atoms with van der Waals surface area (Å²) in [7, 11) is 0. The Morgan fingerprint density at radius 3 is 2.56 bits per heavy atom. The molecule has 310 valence electrons. The van der Waals surface area contributed by atoms with Crippen LogP contribution in [0.3, 0.4) is 0 Å². The molecule has 10 rings (SSSR count). The molecule has 13 heteroatoms. The van der Waals surface area contributed by atoms with E-state index in [1.54, 1.807) is 17.5 Å². The average Bonchev–Trinajstić information content (AvgIpc) is 4.04. The number of ketones is 3. The van der Waals surface area contributed by atoms with E-state index in [1.165, 1.54) is 0 Å². The fraction of sp³-hybridized carbons (Fsp3) is 0.333. The van der Waals surface area contributed by atoms with Gasteiger partial charge in [0.05, 0.1) is 46.0 Å². The normalized spacial score (nSPS) is 16.8. The molecule has 1 atom stereocenters. The summed E-state index contributed by atoms with van der Waals surface area (Å²) >= 11 is 1.64. The zero-order valence-electron chi connectivity index (χ0n) is 34.6. The van der Waals surface area contributed by atoms with E-state index in [0.29, 0.717) is 31.6 Å². The largest absolute Gasteiger partial charge is 0.492 e. The van der Waals surface area contributed by atoms with Crippen LogP contribution in [0.15, 0.2) is 95.8 Å². The molecule has 2 aliphatic rings. The van der Waals surface area contributed by atoms with Crippen molar-refractivity contribution in [3.8, 4) is 17.0 Å². The summed E-state index contributed by atoms with van der Waals surface area (Å²) in [5.74, 6) is 1.72. The van der Waals surface area contributed by atoms with E-state index >= 15 is 0 Å². The molecule has 0 N–H and O–H groups in total. The van der Waals surface area contributed by atoms with Crippen molar-refractivity contribution in [2.24, 2.45) is 0 Å². The predicted octanol–water partition coefficient (Wildman–Crippen LogP) is 8.42. The first kappa shape index (κ1) is 39.0. The number of hydrogen-bond acceptors (Lipinski definition) is 11. The third-order valence-corrected chi connectivity index (χ3v) is 13.1. The Kier molecular flexibility index (Phi) is 10.0. The highest BCUT2D eigenvalue weighted by Crippen LogP contribution is 2.40. The van der Waals surface area contributed by atoms with Crippen molar-refractivity contribution >= 4 is 71.5 Å². The quantitative estimate of drug-likeness (QED) is 0.117. The van der Waals surface area contributed by atoms with Crippen molar-refractivity contribution in [2.45, 2.75) is 64.3 Å². The number of rotatable bonds is 11. The maximum absolute atomic E-state index is 13.1. The number of imidazole rings is 1. The van der Waals surface area contributed by atoms with Gasteiger partial charge in [0.2, 0.25) is 0 Å². The number of nitrogens with zero attached hydrogens (tertiary/aromatic N) is 7. The molecule has 0 bridgehead atoms. The van der Waals surface area contributed by atoms with Crippen molar-refractivity contribution in [1.82, 2.24) is 29.0 Å². The van der Waals surface area contributed by atoms with Crippen LogP contribution in [0.1, 0.15) is 63.1 Å². The highest BCUT2D eigenvalue weighted by atomic mass is 32.1. The summed E-state index contributed by atoms with van der Waals surface area (Å²) < 4.78 is 17.1. The SMILES string of the molecule is CC(C)(C)c1cc(CC(=O)Cc2ccc(-c3cn4c(n3)sc3cc(OCCN5CCN(c6cccc7c6c6cccnc6n7C6CCC(=O)CC6=O)CC5)ccc34)cc2)no1. The first-order valence-electron chi connectivity index (χ1n) is 21.1. The molecule has 0 spiro atoms. The predicted molar refractivity (Wildman–Crippen MR) is 238 cm³/mol. The lowest BCUT2D eigenvalue weighted by molar-refractivity contribution is -0.132. The molecule has 6 heterocycles. The van der Waals surface area contributed by atoms with Crippen molar-refractivity contribution in [3.05, 3.63) is 108 Å². The minimum absolute atomic E-state index is 0.00123. The number of benzene rings is 3. The number of piperazine rings is 1. The topological polar surface area (TPSA) is 128 Å². The second-order valence-electron chi connectivity index (χ2n) is 17.4. The minimum atomic E-state index is -0.374. The summed E-state index contributed by atoms with van der Waals surface area (Å²) in [4.78, 5) is 53.4. The molecule has 1 aliphatic carbocycles. The Bertz CT molecular complexity index is 2960. The van der Waals surface area contributed by atoms with Crippen molar-refractivity contribution < 1.29 is 23.6 Å². The average molecular weight is 834 g/mol. The van der Waals surface area contributed by atoms with Gasteiger partial charge in [0, 0.05) is 91.5 Å². The summed E-state index contributed by atoms with van der Waals surface area (Å²) in [6.45, 7) is 11.2. The number of carbonyl (C=O) groups is 3. The second kappa shape index (κ2) is 15.7. The number of aromatic nitrogens is 5. The van der Waals surface area contributed by atoms with E-state index in [2.05, 4.69) is 87.3 Å². The van der Waals surface area contributed by atoms with Crippen LogP contribution in [-0.4, -0.2) is 85.7 Å². The highest BCUT2D eigenvalue weighted by Gasteiger charge is 2.32. The van der Waals surface area contributed by atoms with E-state index < -0.39 is 0 Å². The summed E-state index contributed by atoms with van der Waals surface area (Å²) in [6.07, 6.45) is 5.38. The fourth-order valence-electron chi connectivity index (χ4n) is 8.86. The van der Waals surface area contributed by atoms with Crippen molar-refractivity contribution in [2.75, 3.05) is 44.2 Å². The van der Waals surface area contributed by atoms with Crippen molar-refractivity contribution in [1.29, 1.82) is 0 Å². The Morgan fingerprint density at radius 2 is 1.77 bits per heavy atom. The highest BCUT2D eigenvalue weighted by molar-refractivity contribution is 7.23. The molecule has 1 unspecified atom stereocenters. The van der Waals surface area contributed by atoms with E-state index in [4.69, 9.17) is 19.2 Å². The maximum atomic E-state index is 13.1. The fourth-order valence-corrected chi connectivity index (χ4v) is 9.90. The van der Waals surface area contributed by atoms with E-state index in [-0.39, 0.29) is 41.6 Å². The minimum Gasteiger partial charge on any atom is -0.492 e. The Balaban J connectivity index is 0.746. The van der Waals surface area contributed by atoms with Gasteiger partial charge in [-0.2, -0.15) is 0 Å². The van der Waals surface area contributed by atoms with Gasteiger partial charge in [-0.15, -0.1) is 0 Å². The van der Waals surface area contributed by atoms with Gasteiger partial charge in [0.25, 0.3) is 0 Å². The lowest BCUT2D eigenvalue weighted by Crippen LogP contribution is -2.47. The van der Waals surface area contributed by atoms with Crippen LogP contribution >= 0.6 is 11.3 Å². The zero-order valence-corrected chi connectivity index (χ0v) is 35.4. The van der Waals surface area contributed by atoms with Gasteiger partial charge in [-0.3, -0.25) is 23.7 Å². The summed E-state index contributed by atoms with van der Waals surface area (Å²) in [5, 5.41) is 6.26. The zero-order chi connectivity index (χ0) is 41.8. The number of thiazole rings is 1. The van der Waals surface area contributed by atoms with Crippen LogP contribution in [-0.2, 0) is 32.6 Å². The standard InChI is InChI=1S/C48H47N7O5S/c1-48(2,3)44-26-32(51-60-44)25-34(57)24-30-9-11-31(12-10-30)37-29-54-39-16-14-35(28-43(39)61-47(54)50-37)59-23-22-52-18-20-53(21-19-52)40-7-4-8-41-45(40)36-6-5-17-49-46(36)55(41)38-15-13-33(56)27-42(38)58/h4-12,14,16-17,26,28-29,38H,13,15,18-25,27H2,1-3H3. The number of carbonyl (C=O) groups excluding carboxylic acids is 3. The third kappa shape index (κ3) is 7.61. The summed E-state index contributed by atoms with van der Waals surface area (Å²) in [6, 6.07) is 26.2. The van der Waals surface area contributed by atoms with E-state index in [0.717, 1.165) is 104 Å². The molecular formula is C48H47N7O5S. The van der Waals surface area contributed by atoms with E-state index in [1.807, 2.05) is 42.5 Å². The Morgan fingerprint density at radius 1 is 0.934 bits per heavy atom. The van der Waals surface area contributed by atoms with Gasteiger partial charge in [0.15, 0.2) is 10.7 Å². The second-order valence-corrected chi connectivity index (χ2v) is 18.4. The van der Waals surface area contributed by atoms with E-state index in [9.17, 15) is 14.4 Å². The smallest absolute Gasteiger partial charge is 0.195 e. The van der Waals surface area contributed by atoms with Gasteiger partial charge in [0.1, 0.15) is 35.3 Å². The molecule has 2 fully saturated rings. The van der Waals surface area contributed by atoms with Gasteiger partial charge in [-0.1, -0.05) is 67.6 Å². The van der Waals surface area contributed by atoms with Gasteiger partial charge >= 0.3 is 0 Å². The third-order valence-electron chi connectivity index (χ3n) is 12.1. The molecule has 0 radical (unpaired) electrons. The molecule has 3 aromatic carbocycles. The monoisotopic (exact) mass is 833 g/mol.